The normalized spacial score (nSPS) is 12.3. The van der Waals surface area contributed by atoms with Crippen LogP contribution in [0.5, 0.6) is 0 Å². The van der Waals surface area contributed by atoms with Gasteiger partial charge in [-0.15, -0.1) is 0 Å². The molecule has 2 N–H and O–H groups in total. The number of H-pyrrole nitrogens is 1. The number of hydrogen-bond acceptors (Lipinski definition) is 2. The molecule has 0 unspecified atom stereocenters. The van der Waals surface area contributed by atoms with Crippen LogP contribution in [0.1, 0.15) is 35.2 Å². The zero-order valence-electron chi connectivity index (χ0n) is 13.7. The van der Waals surface area contributed by atoms with Gasteiger partial charge >= 0.3 is 0 Å². The number of fused-ring (bicyclic) bond motifs is 1. The molecule has 1 atom stereocenters. The number of aromatic amines is 1. The van der Waals surface area contributed by atoms with Crippen molar-refractivity contribution in [2.24, 2.45) is 0 Å². The maximum atomic E-state index is 12.4. The number of aryl methyl sites for hydroxylation is 2. The number of aromatic nitrogens is 2. The van der Waals surface area contributed by atoms with Gasteiger partial charge in [0.05, 0.1) is 12.5 Å². The van der Waals surface area contributed by atoms with Gasteiger partial charge in [0.1, 0.15) is 5.65 Å². The highest BCUT2D eigenvalue weighted by Gasteiger charge is 2.14. The van der Waals surface area contributed by atoms with Gasteiger partial charge in [-0.05, 0) is 49.6 Å². The third-order valence-corrected chi connectivity index (χ3v) is 4.16. The molecule has 0 bridgehead atoms. The summed E-state index contributed by atoms with van der Waals surface area (Å²) in [5, 5.41) is 4.09. The Bertz CT molecular complexity index is 851. The van der Waals surface area contributed by atoms with Crippen molar-refractivity contribution in [3.05, 3.63) is 65.0 Å². The Balaban J connectivity index is 1.71. The van der Waals surface area contributed by atoms with Crippen LogP contribution in [-0.4, -0.2) is 15.9 Å². The van der Waals surface area contributed by atoms with Crippen molar-refractivity contribution in [2.45, 2.75) is 33.2 Å². The average Bonchev–Trinajstić information content (AvgIpc) is 2.90. The molecular weight excluding hydrogens is 286 g/mol. The minimum Gasteiger partial charge on any atom is -0.349 e. The quantitative estimate of drug-likeness (QED) is 0.773. The largest absolute Gasteiger partial charge is 0.349 e. The van der Waals surface area contributed by atoms with Crippen LogP contribution in [0.3, 0.4) is 0 Å². The number of rotatable bonds is 4. The van der Waals surface area contributed by atoms with Crippen LogP contribution in [0.4, 0.5) is 0 Å². The van der Waals surface area contributed by atoms with Crippen LogP contribution >= 0.6 is 0 Å². The number of pyridine rings is 1. The van der Waals surface area contributed by atoms with Gasteiger partial charge in [-0.1, -0.05) is 23.8 Å². The first-order valence-electron chi connectivity index (χ1n) is 7.82. The molecule has 0 aliphatic heterocycles. The standard InChI is InChI=1S/C19H21N3O/c1-12-6-7-16(13(2)9-12)14(3)22-18(23)10-15-11-21-19-17(15)5-4-8-20-19/h4-9,11,14H,10H2,1-3H3,(H,20,21)(H,22,23)/t14-/m1/s1. The van der Waals surface area contributed by atoms with Crippen LogP contribution in [0.15, 0.2) is 42.7 Å². The highest BCUT2D eigenvalue weighted by Crippen LogP contribution is 2.20. The fourth-order valence-corrected chi connectivity index (χ4v) is 3.01. The molecule has 118 valence electrons. The zero-order chi connectivity index (χ0) is 16.4. The van der Waals surface area contributed by atoms with Crippen molar-refractivity contribution in [3.63, 3.8) is 0 Å². The monoisotopic (exact) mass is 307 g/mol. The Labute approximate surface area is 136 Å². The van der Waals surface area contributed by atoms with Gasteiger partial charge in [-0.2, -0.15) is 0 Å². The molecule has 0 saturated heterocycles. The van der Waals surface area contributed by atoms with Gasteiger partial charge in [0.2, 0.25) is 5.91 Å². The molecule has 0 aliphatic rings. The number of nitrogens with one attached hydrogen (secondary N) is 2. The maximum Gasteiger partial charge on any atom is 0.224 e. The van der Waals surface area contributed by atoms with Crippen LogP contribution in [0.25, 0.3) is 11.0 Å². The maximum absolute atomic E-state index is 12.4. The number of carbonyl (C=O) groups excluding carboxylic acids is 1. The molecule has 3 rings (SSSR count). The summed E-state index contributed by atoms with van der Waals surface area (Å²) in [6, 6.07) is 10.2. The van der Waals surface area contributed by atoms with E-state index in [1.807, 2.05) is 25.3 Å². The van der Waals surface area contributed by atoms with Crippen LogP contribution in [0, 0.1) is 13.8 Å². The summed E-state index contributed by atoms with van der Waals surface area (Å²) in [7, 11) is 0. The molecule has 1 aromatic carbocycles. The highest BCUT2D eigenvalue weighted by atomic mass is 16.1. The van der Waals surface area contributed by atoms with Crippen LogP contribution in [0.2, 0.25) is 0 Å². The average molecular weight is 307 g/mol. The van der Waals surface area contributed by atoms with E-state index in [1.165, 1.54) is 11.1 Å². The molecule has 2 aromatic heterocycles. The summed E-state index contributed by atoms with van der Waals surface area (Å²) in [4.78, 5) is 19.7. The van der Waals surface area contributed by atoms with E-state index in [9.17, 15) is 4.79 Å². The van der Waals surface area contributed by atoms with E-state index in [-0.39, 0.29) is 11.9 Å². The summed E-state index contributed by atoms with van der Waals surface area (Å²) in [6.07, 6.45) is 3.95. The lowest BCUT2D eigenvalue weighted by Crippen LogP contribution is -2.28. The predicted molar refractivity (Wildman–Crippen MR) is 92.3 cm³/mol. The van der Waals surface area contributed by atoms with Gasteiger partial charge in [0.15, 0.2) is 0 Å². The molecule has 0 radical (unpaired) electrons. The van der Waals surface area contributed by atoms with E-state index in [0.717, 1.165) is 22.2 Å². The van der Waals surface area contributed by atoms with E-state index in [4.69, 9.17) is 0 Å². The molecule has 0 spiro atoms. The van der Waals surface area contributed by atoms with Gasteiger partial charge < -0.3 is 10.3 Å². The first kappa shape index (κ1) is 15.3. The molecule has 4 heteroatoms. The van der Waals surface area contributed by atoms with E-state index < -0.39 is 0 Å². The molecule has 23 heavy (non-hydrogen) atoms. The summed E-state index contributed by atoms with van der Waals surface area (Å²) in [5.74, 6) is 0.0160. The van der Waals surface area contributed by atoms with Crippen LogP contribution < -0.4 is 5.32 Å². The van der Waals surface area contributed by atoms with Gasteiger partial charge in [-0.3, -0.25) is 4.79 Å². The second-order valence-corrected chi connectivity index (χ2v) is 6.04. The zero-order valence-corrected chi connectivity index (χ0v) is 13.7. The summed E-state index contributed by atoms with van der Waals surface area (Å²) in [6.45, 7) is 6.17. The van der Waals surface area contributed by atoms with Crippen molar-refractivity contribution < 1.29 is 4.79 Å². The number of hydrogen-bond donors (Lipinski definition) is 2. The predicted octanol–water partition coefficient (Wildman–Crippen LogP) is 3.60. The van der Waals surface area contributed by atoms with E-state index in [1.54, 1.807) is 6.20 Å². The van der Waals surface area contributed by atoms with Gasteiger partial charge in [-0.25, -0.2) is 4.98 Å². The SMILES string of the molecule is Cc1ccc([C@@H](C)NC(=O)Cc2c[nH]c3ncccc23)c(C)c1. The third-order valence-electron chi connectivity index (χ3n) is 4.16. The topological polar surface area (TPSA) is 57.8 Å². The first-order valence-corrected chi connectivity index (χ1v) is 7.82. The Morgan fingerprint density at radius 3 is 2.91 bits per heavy atom. The highest BCUT2D eigenvalue weighted by molar-refractivity contribution is 5.87. The molecule has 2 heterocycles. The Hall–Kier alpha value is -2.62. The molecular formula is C19H21N3O. The number of benzene rings is 1. The minimum absolute atomic E-state index is 0.00793. The molecule has 0 fully saturated rings. The lowest BCUT2D eigenvalue weighted by Gasteiger charge is -2.17. The summed E-state index contributed by atoms with van der Waals surface area (Å²) < 4.78 is 0. The second kappa shape index (κ2) is 6.24. The van der Waals surface area contributed by atoms with E-state index in [0.29, 0.717) is 6.42 Å². The minimum atomic E-state index is -0.00793. The van der Waals surface area contributed by atoms with Crippen LogP contribution in [-0.2, 0) is 11.2 Å². The van der Waals surface area contributed by atoms with Crippen molar-refractivity contribution in [2.75, 3.05) is 0 Å². The Kier molecular flexibility index (Phi) is 4.15. The van der Waals surface area contributed by atoms with Gasteiger partial charge in [0, 0.05) is 17.8 Å². The number of nitrogens with zero attached hydrogens (tertiary/aromatic N) is 1. The lowest BCUT2D eigenvalue weighted by atomic mass is 10.00. The van der Waals surface area contributed by atoms with E-state index in [2.05, 4.69) is 47.3 Å². The fourth-order valence-electron chi connectivity index (χ4n) is 3.01. The van der Waals surface area contributed by atoms with Crippen molar-refractivity contribution in [3.8, 4) is 0 Å². The Morgan fingerprint density at radius 1 is 1.30 bits per heavy atom. The summed E-state index contributed by atoms with van der Waals surface area (Å²) >= 11 is 0. The first-order chi connectivity index (χ1) is 11.0. The van der Waals surface area contributed by atoms with E-state index >= 15 is 0 Å². The van der Waals surface area contributed by atoms with Gasteiger partial charge in [0.25, 0.3) is 0 Å². The fraction of sp³-hybridized carbons (Fsp3) is 0.263. The molecule has 1 amide bonds. The second-order valence-electron chi connectivity index (χ2n) is 6.04. The number of carbonyl (C=O) groups is 1. The molecule has 0 aliphatic carbocycles. The van der Waals surface area contributed by atoms with Crippen molar-refractivity contribution in [1.29, 1.82) is 0 Å². The van der Waals surface area contributed by atoms with Crippen molar-refractivity contribution >= 4 is 16.9 Å². The Morgan fingerprint density at radius 2 is 2.13 bits per heavy atom. The summed E-state index contributed by atoms with van der Waals surface area (Å²) in [5.41, 5.74) is 5.38. The lowest BCUT2D eigenvalue weighted by molar-refractivity contribution is -0.121. The third kappa shape index (κ3) is 3.26. The smallest absolute Gasteiger partial charge is 0.224 e. The molecule has 0 saturated carbocycles. The van der Waals surface area contributed by atoms with Crippen molar-refractivity contribution in [1.82, 2.24) is 15.3 Å². The number of amides is 1. The molecule has 4 nitrogen and oxygen atoms in total. The molecule has 3 aromatic rings.